The van der Waals surface area contributed by atoms with Crippen LogP contribution in [0, 0.1) is 11.3 Å². The number of benzene rings is 2. The number of aromatic hydroxyl groups is 1. The van der Waals surface area contributed by atoms with Gasteiger partial charge < -0.3 is 5.11 Å². The number of phenolic OH excluding ortho intramolecular Hbond substituents is 1. The van der Waals surface area contributed by atoms with Gasteiger partial charge in [0.15, 0.2) is 0 Å². The summed E-state index contributed by atoms with van der Waals surface area (Å²) in [5.41, 5.74) is 2.94. The van der Waals surface area contributed by atoms with Crippen molar-refractivity contribution in [2.45, 2.75) is 0 Å². The third-order valence-corrected chi connectivity index (χ3v) is 3.36. The Morgan fingerprint density at radius 1 is 1.05 bits per heavy atom. The van der Waals surface area contributed by atoms with Crippen molar-refractivity contribution in [1.82, 2.24) is 4.98 Å². The van der Waals surface area contributed by atoms with E-state index in [9.17, 15) is 5.11 Å². The van der Waals surface area contributed by atoms with Gasteiger partial charge in [-0.3, -0.25) is 0 Å². The van der Waals surface area contributed by atoms with E-state index in [0.717, 1.165) is 16.8 Å². The molecule has 0 spiro atoms. The topological polar surface area (TPSA) is 56.9 Å². The van der Waals surface area contributed by atoms with Crippen LogP contribution in [0.2, 0.25) is 5.02 Å². The van der Waals surface area contributed by atoms with Crippen molar-refractivity contribution in [2.75, 3.05) is 0 Å². The molecule has 4 heteroatoms. The standard InChI is InChI=1S/C16H9ClN2O/c17-14-8-16(11-3-1-10(9-18)2-4-11)19-15-6-5-12(20)7-13(14)15/h1-8,20H. The zero-order chi connectivity index (χ0) is 14.1. The number of nitriles is 1. The van der Waals surface area contributed by atoms with E-state index in [0.29, 0.717) is 16.0 Å². The van der Waals surface area contributed by atoms with Gasteiger partial charge in [0.05, 0.1) is 27.9 Å². The molecule has 3 aromatic rings. The van der Waals surface area contributed by atoms with Crippen molar-refractivity contribution in [1.29, 1.82) is 5.26 Å². The lowest BCUT2D eigenvalue weighted by atomic mass is 10.1. The van der Waals surface area contributed by atoms with Gasteiger partial charge in [0.25, 0.3) is 0 Å². The summed E-state index contributed by atoms with van der Waals surface area (Å²) in [6, 6.07) is 15.9. The quantitative estimate of drug-likeness (QED) is 0.729. The molecular weight excluding hydrogens is 272 g/mol. The molecule has 0 unspecified atom stereocenters. The average molecular weight is 281 g/mol. The average Bonchev–Trinajstić information content (AvgIpc) is 2.48. The monoisotopic (exact) mass is 280 g/mol. The maximum Gasteiger partial charge on any atom is 0.116 e. The van der Waals surface area contributed by atoms with Gasteiger partial charge in [-0.05, 0) is 36.4 Å². The van der Waals surface area contributed by atoms with Crippen LogP contribution < -0.4 is 0 Å². The highest BCUT2D eigenvalue weighted by molar-refractivity contribution is 6.35. The zero-order valence-electron chi connectivity index (χ0n) is 10.3. The fourth-order valence-corrected chi connectivity index (χ4v) is 2.29. The summed E-state index contributed by atoms with van der Waals surface area (Å²) in [5.74, 6) is 0.160. The van der Waals surface area contributed by atoms with Crippen LogP contribution in [0.4, 0.5) is 0 Å². The summed E-state index contributed by atoms with van der Waals surface area (Å²) in [5, 5.41) is 19.5. The lowest BCUT2D eigenvalue weighted by molar-refractivity contribution is 0.476. The van der Waals surface area contributed by atoms with Gasteiger partial charge in [-0.2, -0.15) is 5.26 Å². The molecule has 0 saturated carbocycles. The van der Waals surface area contributed by atoms with E-state index in [1.54, 1.807) is 36.4 Å². The maximum absolute atomic E-state index is 9.48. The fraction of sp³-hybridized carbons (Fsp3) is 0. The summed E-state index contributed by atoms with van der Waals surface area (Å²) in [6.07, 6.45) is 0. The Kier molecular flexibility index (Phi) is 3.02. The first-order valence-corrected chi connectivity index (χ1v) is 6.35. The molecule has 0 radical (unpaired) electrons. The molecule has 96 valence electrons. The minimum absolute atomic E-state index is 0.160. The predicted molar refractivity (Wildman–Crippen MR) is 78.6 cm³/mol. The number of fused-ring (bicyclic) bond motifs is 1. The van der Waals surface area contributed by atoms with Crippen LogP contribution in [0.15, 0.2) is 48.5 Å². The molecule has 3 nitrogen and oxygen atoms in total. The number of hydrogen-bond donors (Lipinski definition) is 1. The van der Waals surface area contributed by atoms with Gasteiger partial charge >= 0.3 is 0 Å². The van der Waals surface area contributed by atoms with Gasteiger partial charge in [-0.15, -0.1) is 0 Å². The molecule has 0 aliphatic rings. The Morgan fingerprint density at radius 2 is 1.80 bits per heavy atom. The van der Waals surface area contributed by atoms with Crippen molar-refractivity contribution in [3.05, 3.63) is 59.1 Å². The summed E-state index contributed by atoms with van der Waals surface area (Å²) in [6.45, 7) is 0. The Morgan fingerprint density at radius 3 is 2.50 bits per heavy atom. The zero-order valence-corrected chi connectivity index (χ0v) is 11.1. The molecule has 0 fully saturated rings. The highest BCUT2D eigenvalue weighted by Gasteiger charge is 2.07. The van der Waals surface area contributed by atoms with Crippen LogP contribution in [0.3, 0.4) is 0 Å². The first kappa shape index (κ1) is 12.5. The molecule has 20 heavy (non-hydrogen) atoms. The minimum atomic E-state index is 0.160. The van der Waals surface area contributed by atoms with Gasteiger partial charge in [-0.1, -0.05) is 23.7 Å². The second-order valence-corrected chi connectivity index (χ2v) is 4.79. The summed E-state index contributed by atoms with van der Waals surface area (Å²) < 4.78 is 0. The van der Waals surface area contributed by atoms with Crippen LogP contribution in [0.25, 0.3) is 22.2 Å². The van der Waals surface area contributed by atoms with Crippen LogP contribution in [0.1, 0.15) is 5.56 Å². The third-order valence-electron chi connectivity index (χ3n) is 3.05. The highest BCUT2D eigenvalue weighted by Crippen LogP contribution is 2.30. The number of rotatable bonds is 1. The van der Waals surface area contributed by atoms with Crippen molar-refractivity contribution in [3.63, 3.8) is 0 Å². The number of pyridine rings is 1. The van der Waals surface area contributed by atoms with Gasteiger partial charge in [0, 0.05) is 10.9 Å². The molecule has 1 aromatic heterocycles. The van der Waals surface area contributed by atoms with Gasteiger partial charge in [0.1, 0.15) is 5.75 Å². The third kappa shape index (κ3) is 2.18. The highest BCUT2D eigenvalue weighted by atomic mass is 35.5. The van der Waals surface area contributed by atoms with E-state index in [-0.39, 0.29) is 5.75 Å². The molecule has 0 atom stereocenters. The molecule has 0 saturated heterocycles. The van der Waals surface area contributed by atoms with E-state index < -0.39 is 0 Å². The summed E-state index contributed by atoms with van der Waals surface area (Å²) in [7, 11) is 0. The SMILES string of the molecule is N#Cc1ccc(-c2cc(Cl)c3cc(O)ccc3n2)cc1. The molecule has 3 rings (SSSR count). The van der Waals surface area contributed by atoms with E-state index in [1.807, 2.05) is 12.1 Å². The van der Waals surface area contributed by atoms with Crippen LogP contribution in [0.5, 0.6) is 5.75 Å². The Balaban J connectivity index is 2.17. The van der Waals surface area contributed by atoms with Crippen LogP contribution in [-0.2, 0) is 0 Å². The first-order chi connectivity index (χ1) is 9.67. The van der Waals surface area contributed by atoms with E-state index in [4.69, 9.17) is 16.9 Å². The molecule has 1 heterocycles. The largest absolute Gasteiger partial charge is 0.508 e. The van der Waals surface area contributed by atoms with Crippen molar-refractivity contribution < 1.29 is 5.11 Å². The van der Waals surface area contributed by atoms with E-state index in [2.05, 4.69) is 11.1 Å². The van der Waals surface area contributed by atoms with Gasteiger partial charge in [0.2, 0.25) is 0 Å². The second-order valence-electron chi connectivity index (χ2n) is 4.38. The maximum atomic E-state index is 9.48. The Labute approximate surface area is 120 Å². The lowest BCUT2D eigenvalue weighted by Crippen LogP contribution is -1.87. The molecule has 1 N–H and O–H groups in total. The molecule has 2 aromatic carbocycles. The Bertz CT molecular complexity index is 835. The molecule has 0 aliphatic heterocycles. The van der Waals surface area contributed by atoms with E-state index >= 15 is 0 Å². The summed E-state index contributed by atoms with van der Waals surface area (Å²) >= 11 is 6.24. The Hall–Kier alpha value is -2.57. The lowest BCUT2D eigenvalue weighted by Gasteiger charge is -2.06. The van der Waals surface area contributed by atoms with Crippen molar-refractivity contribution in [2.24, 2.45) is 0 Å². The number of phenols is 1. The fourth-order valence-electron chi connectivity index (χ4n) is 2.04. The second kappa shape index (κ2) is 4.84. The van der Waals surface area contributed by atoms with Gasteiger partial charge in [-0.25, -0.2) is 4.98 Å². The van der Waals surface area contributed by atoms with Crippen molar-refractivity contribution in [3.8, 4) is 23.1 Å². The molecule has 0 bridgehead atoms. The number of nitrogens with zero attached hydrogens (tertiary/aromatic N) is 2. The molecular formula is C16H9ClN2O. The van der Waals surface area contributed by atoms with E-state index in [1.165, 1.54) is 0 Å². The molecule has 0 amide bonds. The number of hydrogen-bond acceptors (Lipinski definition) is 3. The number of aromatic nitrogens is 1. The minimum Gasteiger partial charge on any atom is -0.508 e. The first-order valence-electron chi connectivity index (χ1n) is 5.97. The predicted octanol–water partition coefficient (Wildman–Crippen LogP) is 4.13. The van der Waals surface area contributed by atoms with Crippen LogP contribution >= 0.6 is 11.6 Å². The number of halogens is 1. The van der Waals surface area contributed by atoms with Crippen LogP contribution in [-0.4, -0.2) is 10.1 Å². The normalized spacial score (nSPS) is 10.4. The summed E-state index contributed by atoms with van der Waals surface area (Å²) in [4.78, 5) is 4.52. The van der Waals surface area contributed by atoms with Crippen molar-refractivity contribution >= 4 is 22.5 Å². The smallest absolute Gasteiger partial charge is 0.116 e. The molecule has 0 aliphatic carbocycles.